The predicted molar refractivity (Wildman–Crippen MR) is 138 cm³/mol. The third kappa shape index (κ3) is 5.50. The second kappa shape index (κ2) is 11.1. The highest BCUT2D eigenvalue weighted by Crippen LogP contribution is 2.48. The van der Waals surface area contributed by atoms with E-state index < -0.39 is 53.8 Å². The zero-order chi connectivity index (χ0) is 28.4. The molecular weight excluding hydrogens is 496 g/mol. The van der Waals surface area contributed by atoms with Gasteiger partial charge in [-0.1, -0.05) is 50.2 Å². The van der Waals surface area contributed by atoms with Crippen molar-refractivity contribution in [1.82, 2.24) is 15.5 Å². The molecule has 1 aliphatic heterocycles. The van der Waals surface area contributed by atoms with Gasteiger partial charge in [0.05, 0.1) is 18.0 Å². The van der Waals surface area contributed by atoms with Gasteiger partial charge in [-0.15, -0.1) is 0 Å². The molecule has 4 N–H and O–H groups in total. The number of amides is 3. The van der Waals surface area contributed by atoms with Crippen molar-refractivity contribution in [3.63, 3.8) is 0 Å². The van der Waals surface area contributed by atoms with Gasteiger partial charge in [-0.3, -0.25) is 14.4 Å². The number of aryl methyl sites for hydroxylation is 1. The van der Waals surface area contributed by atoms with Crippen molar-refractivity contribution in [2.24, 2.45) is 5.41 Å². The summed E-state index contributed by atoms with van der Waals surface area (Å²) in [5.41, 5.74) is -0.151. The molecule has 0 aromatic heterocycles. The van der Waals surface area contributed by atoms with E-state index in [4.69, 9.17) is 0 Å². The number of likely N-dealkylation sites (tertiary alicyclic amines) is 1. The first kappa shape index (κ1) is 29.0. The number of nitrogens with one attached hydrogen (secondary N) is 2. The Morgan fingerprint density at radius 3 is 2.34 bits per heavy atom. The molecule has 2 aromatic rings. The SMILES string of the molecule is CCNC(=O)[C@H]1N(C(=O)[C@@H](O)[C@H](Cc2ccccc2)NC(=O)c2c(C)ccc(O)c2C)CC(F)(F)C1(C)C. The van der Waals surface area contributed by atoms with Crippen LogP contribution in [0.2, 0.25) is 0 Å². The molecule has 0 bridgehead atoms. The highest BCUT2D eigenvalue weighted by Gasteiger charge is 2.64. The van der Waals surface area contributed by atoms with Gasteiger partial charge in [-0.2, -0.15) is 0 Å². The quantitative estimate of drug-likeness (QED) is 0.418. The van der Waals surface area contributed by atoms with Gasteiger partial charge in [-0.25, -0.2) is 8.78 Å². The zero-order valence-electron chi connectivity index (χ0n) is 22.2. The van der Waals surface area contributed by atoms with Crippen LogP contribution in [0.25, 0.3) is 0 Å². The highest BCUT2D eigenvalue weighted by atomic mass is 19.3. The number of alkyl halides is 2. The van der Waals surface area contributed by atoms with E-state index in [-0.39, 0.29) is 24.3 Å². The van der Waals surface area contributed by atoms with E-state index in [0.717, 1.165) is 0 Å². The van der Waals surface area contributed by atoms with E-state index in [2.05, 4.69) is 10.6 Å². The van der Waals surface area contributed by atoms with Crippen LogP contribution in [0.1, 0.15) is 47.8 Å². The summed E-state index contributed by atoms with van der Waals surface area (Å²) >= 11 is 0. The summed E-state index contributed by atoms with van der Waals surface area (Å²) in [7, 11) is 0. The fourth-order valence-electron chi connectivity index (χ4n) is 4.92. The molecule has 3 rings (SSSR count). The minimum atomic E-state index is -3.40. The summed E-state index contributed by atoms with van der Waals surface area (Å²) in [5.74, 6) is -5.96. The van der Waals surface area contributed by atoms with Crippen molar-refractivity contribution in [3.8, 4) is 5.75 Å². The molecule has 1 saturated heterocycles. The van der Waals surface area contributed by atoms with E-state index in [9.17, 15) is 24.6 Å². The van der Waals surface area contributed by atoms with Gasteiger partial charge in [0.2, 0.25) is 5.91 Å². The Bertz CT molecular complexity index is 1200. The summed E-state index contributed by atoms with van der Waals surface area (Å²) in [6, 6.07) is 9.05. The molecule has 1 aliphatic rings. The lowest BCUT2D eigenvalue weighted by Gasteiger charge is -2.34. The summed E-state index contributed by atoms with van der Waals surface area (Å²) in [6.07, 6.45) is -1.92. The molecule has 38 heavy (non-hydrogen) atoms. The first-order chi connectivity index (χ1) is 17.7. The number of carbonyl (C=O) groups is 3. The Balaban J connectivity index is 1.97. The number of aliphatic hydroxyl groups excluding tert-OH is 1. The Kier molecular flexibility index (Phi) is 8.45. The Morgan fingerprint density at radius 1 is 1.11 bits per heavy atom. The van der Waals surface area contributed by atoms with Crippen LogP contribution >= 0.6 is 0 Å². The molecule has 0 spiro atoms. The number of likely N-dealkylation sites (N-methyl/N-ethyl adjacent to an activating group) is 1. The van der Waals surface area contributed by atoms with Crippen molar-refractivity contribution < 1.29 is 33.4 Å². The second-order valence-electron chi connectivity index (χ2n) is 10.3. The standard InChI is InChI=1S/C28H35F2N3O5/c1-6-31-25(37)23-27(4,5)28(29,30)15-33(23)26(38)22(35)19(14-18-10-8-7-9-11-18)32-24(36)21-16(2)12-13-20(34)17(21)3/h7-13,19,22-23,34-35H,6,14-15H2,1-5H3,(H,31,37)(H,32,36)/t19-,22-,23+/m0/s1. The number of phenolic OH excluding ortho intramolecular Hbond substituents is 1. The monoisotopic (exact) mass is 531 g/mol. The van der Waals surface area contributed by atoms with Crippen LogP contribution < -0.4 is 10.6 Å². The maximum atomic E-state index is 15.0. The van der Waals surface area contributed by atoms with Gasteiger partial charge in [-0.05, 0) is 44.4 Å². The van der Waals surface area contributed by atoms with Gasteiger partial charge < -0.3 is 25.7 Å². The van der Waals surface area contributed by atoms with Gasteiger partial charge in [0.15, 0.2) is 6.10 Å². The van der Waals surface area contributed by atoms with Crippen LogP contribution in [0, 0.1) is 19.3 Å². The molecule has 1 fully saturated rings. The molecular formula is C28H35F2N3O5. The number of aliphatic hydroxyl groups is 1. The number of halogens is 2. The minimum absolute atomic E-state index is 0.00977. The lowest BCUT2D eigenvalue weighted by atomic mass is 9.81. The molecule has 3 amide bonds. The average molecular weight is 532 g/mol. The summed E-state index contributed by atoms with van der Waals surface area (Å²) in [5, 5.41) is 26.5. The molecule has 0 radical (unpaired) electrons. The van der Waals surface area contributed by atoms with Crippen LogP contribution in [-0.2, 0) is 16.0 Å². The maximum Gasteiger partial charge on any atom is 0.272 e. The molecule has 0 unspecified atom stereocenters. The third-order valence-electron chi connectivity index (χ3n) is 7.31. The molecule has 206 valence electrons. The molecule has 8 nitrogen and oxygen atoms in total. The van der Waals surface area contributed by atoms with Gasteiger partial charge in [0, 0.05) is 17.7 Å². The van der Waals surface area contributed by atoms with Crippen molar-refractivity contribution in [2.45, 2.75) is 65.1 Å². The molecule has 10 heteroatoms. The van der Waals surface area contributed by atoms with E-state index in [0.29, 0.717) is 21.6 Å². The molecule has 2 aromatic carbocycles. The second-order valence-corrected chi connectivity index (χ2v) is 10.3. The lowest BCUT2D eigenvalue weighted by Crippen LogP contribution is -2.57. The number of benzene rings is 2. The number of hydrogen-bond acceptors (Lipinski definition) is 5. The van der Waals surface area contributed by atoms with Crippen LogP contribution in [0.3, 0.4) is 0 Å². The van der Waals surface area contributed by atoms with Crippen LogP contribution in [0.15, 0.2) is 42.5 Å². The number of hydrogen-bond donors (Lipinski definition) is 4. The summed E-state index contributed by atoms with van der Waals surface area (Å²) < 4.78 is 30.0. The molecule has 0 aliphatic carbocycles. The zero-order valence-corrected chi connectivity index (χ0v) is 22.2. The smallest absolute Gasteiger partial charge is 0.272 e. The minimum Gasteiger partial charge on any atom is -0.508 e. The summed E-state index contributed by atoms with van der Waals surface area (Å²) in [4.78, 5) is 40.4. The van der Waals surface area contributed by atoms with Gasteiger partial charge >= 0.3 is 0 Å². The number of phenols is 1. The van der Waals surface area contributed by atoms with Crippen molar-refractivity contribution >= 4 is 17.7 Å². The molecule has 1 heterocycles. The Hall–Kier alpha value is -3.53. The van der Waals surface area contributed by atoms with Crippen molar-refractivity contribution in [1.29, 1.82) is 0 Å². The number of nitrogens with zero attached hydrogens (tertiary/aromatic N) is 1. The fraction of sp³-hybridized carbons (Fsp3) is 0.464. The molecule has 0 saturated carbocycles. The van der Waals surface area contributed by atoms with Crippen LogP contribution in [0.4, 0.5) is 8.78 Å². The normalized spacial score (nSPS) is 19.5. The number of rotatable bonds is 8. The topological polar surface area (TPSA) is 119 Å². The Labute approximate surface area is 221 Å². The van der Waals surface area contributed by atoms with Crippen LogP contribution in [0.5, 0.6) is 5.75 Å². The van der Waals surface area contributed by atoms with Gasteiger partial charge in [0.1, 0.15) is 11.8 Å². The highest BCUT2D eigenvalue weighted by molar-refractivity contribution is 5.98. The third-order valence-corrected chi connectivity index (χ3v) is 7.31. The van der Waals surface area contributed by atoms with E-state index in [1.54, 1.807) is 57.2 Å². The first-order valence-corrected chi connectivity index (χ1v) is 12.5. The number of aromatic hydroxyl groups is 1. The average Bonchev–Trinajstić information content (AvgIpc) is 3.04. The largest absolute Gasteiger partial charge is 0.508 e. The van der Waals surface area contributed by atoms with E-state index in [1.165, 1.54) is 19.9 Å². The summed E-state index contributed by atoms with van der Waals surface area (Å²) in [6.45, 7) is 6.43. The van der Waals surface area contributed by atoms with E-state index >= 15 is 8.78 Å². The maximum absolute atomic E-state index is 15.0. The van der Waals surface area contributed by atoms with Gasteiger partial charge in [0.25, 0.3) is 17.7 Å². The molecule has 3 atom stereocenters. The van der Waals surface area contributed by atoms with Crippen molar-refractivity contribution in [2.75, 3.05) is 13.1 Å². The predicted octanol–water partition coefficient (Wildman–Crippen LogP) is 2.72. The first-order valence-electron chi connectivity index (χ1n) is 12.5. The Morgan fingerprint density at radius 2 is 1.74 bits per heavy atom. The van der Waals surface area contributed by atoms with E-state index in [1.807, 2.05) is 0 Å². The number of carbonyl (C=O) groups excluding carboxylic acids is 3. The fourth-order valence-corrected chi connectivity index (χ4v) is 4.92. The lowest BCUT2D eigenvalue weighted by molar-refractivity contribution is -0.148. The van der Waals surface area contributed by atoms with Crippen LogP contribution in [-0.4, -0.2) is 70.0 Å². The van der Waals surface area contributed by atoms with Crippen molar-refractivity contribution in [3.05, 3.63) is 64.7 Å².